The van der Waals surface area contributed by atoms with Gasteiger partial charge in [-0.1, -0.05) is 48.5 Å². The van der Waals surface area contributed by atoms with E-state index in [0.717, 1.165) is 10.5 Å². The number of fused-ring (bicyclic) bond motifs is 1. The fourth-order valence-electron chi connectivity index (χ4n) is 3.53. The number of carbonyl (C=O) groups is 3. The minimum Gasteiger partial charge on any atom is -0.307 e. The number of benzene rings is 2. The Morgan fingerprint density at radius 2 is 1.36 bits per heavy atom. The zero-order valence-corrected chi connectivity index (χ0v) is 13.6. The standard InChI is InChI=1S/C20H16N2O3/c1-2-12-21-16(13-8-4-3-5-9-13)17(20(21)25)22-18(23)14-10-6-7-11-15(14)19(22)24/h2-12,16-17H,1H3/b12-2+/t16-,17-/m0/s1. The molecule has 2 aliphatic heterocycles. The van der Waals surface area contributed by atoms with Crippen LogP contribution in [0.1, 0.15) is 39.2 Å². The van der Waals surface area contributed by atoms with Crippen LogP contribution in [0.4, 0.5) is 0 Å². The summed E-state index contributed by atoms with van der Waals surface area (Å²) >= 11 is 0. The molecule has 2 aromatic carbocycles. The number of rotatable bonds is 3. The third-order valence-electron chi connectivity index (χ3n) is 4.66. The largest absolute Gasteiger partial charge is 0.307 e. The molecule has 0 bridgehead atoms. The summed E-state index contributed by atoms with van der Waals surface area (Å²) in [7, 11) is 0. The molecule has 3 amide bonds. The van der Waals surface area contributed by atoms with Crippen LogP contribution in [0, 0.1) is 0 Å². The van der Waals surface area contributed by atoms with Crippen LogP contribution in [0.2, 0.25) is 0 Å². The quantitative estimate of drug-likeness (QED) is 0.641. The molecular formula is C20H16N2O3. The van der Waals surface area contributed by atoms with E-state index in [-0.39, 0.29) is 11.9 Å². The number of β-lactam (4-membered cyclic amide) rings is 1. The Labute approximate surface area is 145 Å². The van der Waals surface area contributed by atoms with Crippen molar-refractivity contribution in [1.82, 2.24) is 9.80 Å². The second-order valence-corrected chi connectivity index (χ2v) is 6.05. The minimum absolute atomic E-state index is 0.249. The van der Waals surface area contributed by atoms with Crippen LogP contribution in [-0.2, 0) is 4.79 Å². The molecule has 5 nitrogen and oxygen atoms in total. The Hall–Kier alpha value is -3.21. The Balaban J connectivity index is 1.76. The first-order valence-corrected chi connectivity index (χ1v) is 8.12. The highest BCUT2D eigenvalue weighted by molar-refractivity contribution is 6.23. The molecular weight excluding hydrogens is 316 g/mol. The number of imide groups is 1. The highest BCUT2D eigenvalue weighted by Crippen LogP contribution is 2.41. The lowest BCUT2D eigenvalue weighted by Crippen LogP contribution is -2.64. The first-order chi connectivity index (χ1) is 12.1. The van der Waals surface area contributed by atoms with Crippen LogP contribution in [0.15, 0.2) is 66.9 Å². The fraction of sp³-hybridized carbons (Fsp3) is 0.150. The third kappa shape index (κ3) is 2.12. The van der Waals surface area contributed by atoms with Gasteiger partial charge in [-0.25, -0.2) is 0 Å². The molecule has 0 saturated carbocycles. The zero-order valence-electron chi connectivity index (χ0n) is 13.6. The van der Waals surface area contributed by atoms with E-state index in [9.17, 15) is 14.4 Å². The summed E-state index contributed by atoms with van der Waals surface area (Å²) in [5, 5.41) is 0. The molecule has 0 radical (unpaired) electrons. The normalized spacial score (nSPS) is 22.5. The molecule has 2 aliphatic rings. The minimum atomic E-state index is -0.814. The number of nitrogens with zero attached hydrogens (tertiary/aromatic N) is 2. The van der Waals surface area contributed by atoms with Crippen molar-refractivity contribution < 1.29 is 14.4 Å². The molecule has 0 aliphatic carbocycles. The van der Waals surface area contributed by atoms with Crippen LogP contribution in [0.5, 0.6) is 0 Å². The topological polar surface area (TPSA) is 57.7 Å². The van der Waals surface area contributed by atoms with Crippen molar-refractivity contribution in [3.63, 3.8) is 0 Å². The lowest BCUT2D eigenvalue weighted by Gasteiger charge is -2.48. The van der Waals surface area contributed by atoms with Crippen molar-refractivity contribution in [1.29, 1.82) is 0 Å². The summed E-state index contributed by atoms with van der Waals surface area (Å²) in [5.74, 6) is -1.05. The monoisotopic (exact) mass is 332 g/mol. The van der Waals surface area contributed by atoms with E-state index in [4.69, 9.17) is 0 Å². The summed E-state index contributed by atoms with van der Waals surface area (Å²) < 4.78 is 0. The molecule has 2 atom stereocenters. The highest BCUT2D eigenvalue weighted by atomic mass is 16.2. The van der Waals surface area contributed by atoms with Crippen molar-refractivity contribution in [2.24, 2.45) is 0 Å². The van der Waals surface area contributed by atoms with E-state index >= 15 is 0 Å². The van der Waals surface area contributed by atoms with Crippen molar-refractivity contribution in [3.05, 3.63) is 83.6 Å². The van der Waals surface area contributed by atoms with E-state index in [1.807, 2.05) is 37.3 Å². The summed E-state index contributed by atoms with van der Waals surface area (Å²) in [6.07, 6.45) is 3.46. The lowest BCUT2D eigenvalue weighted by molar-refractivity contribution is -0.150. The SMILES string of the molecule is C/C=C/N1C(=O)[C@@H](N2C(=O)c3ccccc3C2=O)[C@@H]1c1ccccc1. The maximum atomic E-state index is 12.7. The van der Waals surface area contributed by atoms with Gasteiger partial charge < -0.3 is 4.90 Å². The maximum Gasteiger partial charge on any atom is 0.262 e. The summed E-state index contributed by atoms with van der Waals surface area (Å²) in [5.41, 5.74) is 1.61. The Morgan fingerprint density at radius 1 is 0.800 bits per heavy atom. The average molecular weight is 332 g/mol. The Morgan fingerprint density at radius 3 is 1.92 bits per heavy atom. The zero-order chi connectivity index (χ0) is 17.6. The smallest absolute Gasteiger partial charge is 0.262 e. The molecule has 5 heteroatoms. The second-order valence-electron chi connectivity index (χ2n) is 6.05. The molecule has 0 N–H and O–H groups in total. The van der Waals surface area contributed by atoms with Crippen LogP contribution < -0.4 is 0 Å². The van der Waals surface area contributed by atoms with E-state index in [0.29, 0.717) is 11.1 Å². The van der Waals surface area contributed by atoms with Crippen molar-refractivity contribution in [3.8, 4) is 0 Å². The van der Waals surface area contributed by atoms with Crippen molar-refractivity contribution >= 4 is 17.7 Å². The predicted molar refractivity (Wildman–Crippen MR) is 91.6 cm³/mol. The van der Waals surface area contributed by atoms with Crippen LogP contribution in [0.3, 0.4) is 0 Å². The number of hydrogen-bond donors (Lipinski definition) is 0. The lowest BCUT2D eigenvalue weighted by atomic mass is 9.87. The van der Waals surface area contributed by atoms with Gasteiger partial charge in [-0.2, -0.15) is 0 Å². The molecule has 124 valence electrons. The van der Waals surface area contributed by atoms with Gasteiger partial charge in [0.1, 0.15) is 6.04 Å². The summed E-state index contributed by atoms with van der Waals surface area (Å²) in [4.78, 5) is 40.9. The van der Waals surface area contributed by atoms with Crippen LogP contribution in [0.25, 0.3) is 0 Å². The van der Waals surface area contributed by atoms with Gasteiger partial charge in [-0.05, 0) is 24.6 Å². The molecule has 0 unspecified atom stereocenters. The molecule has 1 fully saturated rings. The molecule has 0 spiro atoms. The highest BCUT2D eigenvalue weighted by Gasteiger charge is 2.56. The number of amides is 3. The molecule has 0 aromatic heterocycles. The Kier molecular flexibility index (Phi) is 3.50. The van der Waals surface area contributed by atoms with E-state index in [1.54, 1.807) is 41.4 Å². The summed E-state index contributed by atoms with van der Waals surface area (Å²) in [6.45, 7) is 1.82. The number of hydrogen-bond acceptors (Lipinski definition) is 3. The second kappa shape index (κ2) is 5.70. The van der Waals surface area contributed by atoms with Gasteiger partial charge in [-0.3, -0.25) is 19.3 Å². The van der Waals surface area contributed by atoms with Gasteiger partial charge in [0.05, 0.1) is 17.2 Å². The fourth-order valence-corrected chi connectivity index (χ4v) is 3.53. The van der Waals surface area contributed by atoms with Gasteiger partial charge in [0.2, 0.25) is 0 Å². The maximum absolute atomic E-state index is 12.7. The van der Waals surface area contributed by atoms with Gasteiger partial charge in [0.15, 0.2) is 0 Å². The Bertz CT molecular complexity index is 869. The van der Waals surface area contributed by atoms with Crippen molar-refractivity contribution in [2.75, 3.05) is 0 Å². The molecule has 2 heterocycles. The number of carbonyl (C=O) groups excluding carboxylic acids is 3. The molecule has 2 aromatic rings. The molecule has 1 saturated heterocycles. The summed E-state index contributed by atoms with van der Waals surface area (Å²) in [6, 6.07) is 15.0. The first-order valence-electron chi connectivity index (χ1n) is 8.12. The molecule has 4 rings (SSSR count). The van der Waals surface area contributed by atoms with E-state index < -0.39 is 17.9 Å². The van der Waals surface area contributed by atoms with E-state index in [1.165, 1.54) is 0 Å². The van der Waals surface area contributed by atoms with Gasteiger partial charge in [0.25, 0.3) is 17.7 Å². The van der Waals surface area contributed by atoms with E-state index in [2.05, 4.69) is 0 Å². The molecule has 25 heavy (non-hydrogen) atoms. The van der Waals surface area contributed by atoms with Crippen LogP contribution >= 0.6 is 0 Å². The number of likely N-dealkylation sites (tertiary alicyclic amines) is 1. The van der Waals surface area contributed by atoms with Crippen LogP contribution in [-0.4, -0.2) is 33.6 Å². The van der Waals surface area contributed by atoms with Crippen molar-refractivity contribution in [2.45, 2.75) is 19.0 Å². The van der Waals surface area contributed by atoms with Gasteiger partial charge in [0, 0.05) is 6.20 Å². The predicted octanol–water partition coefficient (Wildman–Crippen LogP) is 2.77. The van der Waals surface area contributed by atoms with Gasteiger partial charge >= 0.3 is 0 Å². The van der Waals surface area contributed by atoms with Gasteiger partial charge in [-0.15, -0.1) is 0 Å². The third-order valence-corrected chi connectivity index (χ3v) is 4.66. The first kappa shape index (κ1) is 15.3. The number of allylic oxidation sites excluding steroid dienone is 1. The average Bonchev–Trinajstić information content (AvgIpc) is 2.89.